The molecule has 0 unspecified atom stereocenters. The number of benzene rings is 1. The smallest absolute Gasteiger partial charge is 0.307 e. The van der Waals surface area contributed by atoms with E-state index in [1.54, 1.807) is 14.1 Å². The molecule has 1 rings (SSSR count). The SMILES string of the molecule is COC(=O)CCNc1ccc(C(=O)N(C)C)cc1[N+](=O)[O-]. The summed E-state index contributed by atoms with van der Waals surface area (Å²) in [6, 6.07) is 4.16. The van der Waals surface area contributed by atoms with Crippen LogP contribution in [0, 0.1) is 10.1 Å². The van der Waals surface area contributed by atoms with Gasteiger partial charge in [0.2, 0.25) is 0 Å². The highest BCUT2D eigenvalue weighted by Crippen LogP contribution is 2.26. The summed E-state index contributed by atoms with van der Waals surface area (Å²) in [7, 11) is 4.40. The van der Waals surface area contributed by atoms with Gasteiger partial charge in [0.05, 0.1) is 18.5 Å². The largest absolute Gasteiger partial charge is 0.469 e. The van der Waals surface area contributed by atoms with Crippen molar-refractivity contribution in [3.63, 3.8) is 0 Å². The molecule has 0 aliphatic rings. The van der Waals surface area contributed by atoms with Crippen LogP contribution in [0.25, 0.3) is 0 Å². The van der Waals surface area contributed by atoms with Gasteiger partial charge in [0, 0.05) is 32.3 Å². The lowest BCUT2D eigenvalue weighted by Crippen LogP contribution is -2.21. The molecule has 1 amide bonds. The quantitative estimate of drug-likeness (QED) is 0.482. The van der Waals surface area contributed by atoms with E-state index < -0.39 is 10.9 Å². The Bertz CT molecular complexity index is 557. The molecule has 1 aromatic rings. The second-order valence-electron chi connectivity index (χ2n) is 4.44. The van der Waals surface area contributed by atoms with Crippen molar-refractivity contribution in [3.8, 4) is 0 Å². The second kappa shape index (κ2) is 7.22. The van der Waals surface area contributed by atoms with E-state index in [-0.39, 0.29) is 35.8 Å². The minimum atomic E-state index is -0.576. The van der Waals surface area contributed by atoms with E-state index in [2.05, 4.69) is 10.1 Å². The standard InChI is InChI=1S/C13H17N3O5/c1-15(2)13(18)9-4-5-10(11(8-9)16(19)20)14-7-6-12(17)21-3/h4-5,8,14H,6-7H2,1-3H3. The second-order valence-corrected chi connectivity index (χ2v) is 4.44. The monoisotopic (exact) mass is 295 g/mol. The maximum Gasteiger partial charge on any atom is 0.307 e. The zero-order valence-electron chi connectivity index (χ0n) is 12.1. The average molecular weight is 295 g/mol. The maximum atomic E-state index is 11.8. The fourth-order valence-electron chi connectivity index (χ4n) is 1.62. The zero-order chi connectivity index (χ0) is 16.0. The Hall–Kier alpha value is -2.64. The van der Waals surface area contributed by atoms with Crippen molar-refractivity contribution >= 4 is 23.3 Å². The van der Waals surface area contributed by atoms with Gasteiger partial charge >= 0.3 is 5.97 Å². The predicted molar refractivity (Wildman–Crippen MR) is 76.2 cm³/mol. The van der Waals surface area contributed by atoms with Crippen molar-refractivity contribution < 1.29 is 19.2 Å². The third-order valence-electron chi connectivity index (χ3n) is 2.72. The third kappa shape index (κ3) is 4.44. The summed E-state index contributed by atoms with van der Waals surface area (Å²) in [5.41, 5.74) is 0.261. The molecule has 0 aliphatic heterocycles. The van der Waals surface area contributed by atoms with Gasteiger partial charge in [0.1, 0.15) is 5.69 Å². The van der Waals surface area contributed by atoms with Gasteiger partial charge in [-0.15, -0.1) is 0 Å². The maximum absolute atomic E-state index is 11.8. The summed E-state index contributed by atoms with van der Waals surface area (Å²) in [4.78, 5) is 34.6. The van der Waals surface area contributed by atoms with E-state index in [1.165, 1.54) is 30.2 Å². The number of hydrogen-bond donors (Lipinski definition) is 1. The Morgan fingerprint density at radius 2 is 2.05 bits per heavy atom. The van der Waals surface area contributed by atoms with Crippen LogP contribution in [0.2, 0.25) is 0 Å². The molecule has 0 atom stereocenters. The lowest BCUT2D eigenvalue weighted by atomic mass is 10.1. The van der Waals surface area contributed by atoms with Crippen molar-refractivity contribution in [1.82, 2.24) is 4.90 Å². The van der Waals surface area contributed by atoms with Crippen molar-refractivity contribution in [2.45, 2.75) is 6.42 Å². The van der Waals surface area contributed by atoms with E-state index in [0.29, 0.717) is 0 Å². The Morgan fingerprint density at radius 1 is 1.38 bits per heavy atom. The van der Waals surface area contributed by atoms with Crippen LogP contribution in [0.4, 0.5) is 11.4 Å². The molecule has 0 saturated heterocycles. The zero-order valence-corrected chi connectivity index (χ0v) is 12.1. The number of rotatable bonds is 6. The molecule has 0 spiro atoms. The summed E-state index contributed by atoms with van der Waals surface area (Å²) >= 11 is 0. The van der Waals surface area contributed by atoms with Gasteiger partial charge in [-0.1, -0.05) is 0 Å². The Kier molecular flexibility index (Phi) is 5.65. The molecule has 1 aromatic carbocycles. The Labute approximate surface area is 121 Å². The molecule has 0 bridgehead atoms. The van der Waals surface area contributed by atoms with Gasteiger partial charge in [0.25, 0.3) is 11.6 Å². The van der Waals surface area contributed by atoms with Crippen LogP contribution in [0.5, 0.6) is 0 Å². The van der Waals surface area contributed by atoms with E-state index >= 15 is 0 Å². The van der Waals surface area contributed by atoms with E-state index in [9.17, 15) is 19.7 Å². The van der Waals surface area contributed by atoms with Gasteiger partial charge in [-0.3, -0.25) is 19.7 Å². The number of hydrogen-bond acceptors (Lipinski definition) is 6. The number of nitro benzene ring substituents is 1. The molecule has 114 valence electrons. The van der Waals surface area contributed by atoms with Crippen molar-refractivity contribution in [1.29, 1.82) is 0 Å². The van der Waals surface area contributed by atoms with E-state index in [4.69, 9.17) is 0 Å². The highest BCUT2D eigenvalue weighted by molar-refractivity contribution is 5.95. The lowest BCUT2D eigenvalue weighted by Gasteiger charge is -2.11. The summed E-state index contributed by atoms with van der Waals surface area (Å²) in [6.07, 6.45) is 0.0893. The molecule has 21 heavy (non-hydrogen) atoms. The minimum absolute atomic E-state index is 0.0893. The molecule has 8 nitrogen and oxygen atoms in total. The summed E-state index contributed by atoms with van der Waals surface area (Å²) in [6.45, 7) is 0.203. The van der Waals surface area contributed by atoms with E-state index in [0.717, 1.165) is 0 Å². The van der Waals surface area contributed by atoms with Gasteiger partial charge in [-0.2, -0.15) is 0 Å². The number of carbonyl (C=O) groups is 2. The molecule has 0 saturated carbocycles. The molecule has 0 heterocycles. The number of carbonyl (C=O) groups excluding carboxylic acids is 2. The molecular formula is C13H17N3O5. The first-order chi connectivity index (χ1) is 9.86. The topological polar surface area (TPSA) is 102 Å². The first-order valence-corrected chi connectivity index (χ1v) is 6.17. The van der Waals surface area contributed by atoms with Crippen molar-refractivity contribution in [2.75, 3.05) is 33.1 Å². The highest BCUT2D eigenvalue weighted by Gasteiger charge is 2.18. The lowest BCUT2D eigenvalue weighted by molar-refractivity contribution is -0.384. The predicted octanol–water partition coefficient (Wildman–Crippen LogP) is 1.27. The van der Waals surface area contributed by atoms with Crippen LogP contribution in [-0.4, -0.2) is 49.4 Å². The molecule has 1 N–H and O–H groups in total. The molecule has 0 aliphatic carbocycles. The molecular weight excluding hydrogens is 278 g/mol. The van der Waals surface area contributed by atoms with Crippen molar-refractivity contribution in [2.24, 2.45) is 0 Å². The van der Waals surface area contributed by atoms with Crippen LogP contribution < -0.4 is 5.32 Å². The van der Waals surface area contributed by atoms with Crippen LogP contribution >= 0.6 is 0 Å². The van der Waals surface area contributed by atoms with Crippen LogP contribution in [0.15, 0.2) is 18.2 Å². The highest BCUT2D eigenvalue weighted by atomic mass is 16.6. The fraction of sp³-hybridized carbons (Fsp3) is 0.385. The Balaban J connectivity index is 2.92. The normalized spacial score (nSPS) is 9.86. The van der Waals surface area contributed by atoms with E-state index in [1.807, 2.05) is 0 Å². The number of amides is 1. The number of nitro groups is 1. The number of methoxy groups -OCH3 is 1. The third-order valence-corrected chi connectivity index (χ3v) is 2.72. The van der Waals surface area contributed by atoms with Crippen LogP contribution in [0.3, 0.4) is 0 Å². The average Bonchev–Trinajstić information content (AvgIpc) is 2.46. The fourth-order valence-corrected chi connectivity index (χ4v) is 1.62. The number of esters is 1. The molecule has 0 radical (unpaired) electrons. The first-order valence-electron chi connectivity index (χ1n) is 6.17. The van der Waals surface area contributed by atoms with Gasteiger partial charge in [-0.25, -0.2) is 0 Å². The number of nitrogens with one attached hydrogen (secondary N) is 1. The number of ether oxygens (including phenoxy) is 1. The van der Waals surface area contributed by atoms with Crippen LogP contribution in [-0.2, 0) is 9.53 Å². The minimum Gasteiger partial charge on any atom is -0.469 e. The number of nitrogens with zero attached hydrogens (tertiary/aromatic N) is 2. The first kappa shape index (κ1) is 16.4. The molecule has 0 aromatic heterocycles. The van der Waals surface area contributed by atoms with Gasteiger partial charge in [0.15, 0.2) is 0 Å². The Morgan fingerprint density at radius 3 is 2.57 bits per heavy atom. The summed E-state index contributed by atoms with van der Waals surface area (Å²) in [5, 5.41) is 13.9. The van der Waals surface area contributed by atoms with Crippen LogP contribution in [0.1, 0.15) is 16.8 Å². The summed E-state index contributed by atoms with van der Waals surface area (Å²) in [5.74, 6) is -0.733. The van der Waals surface area contributed by atoms with Gasteiger partial charge < -0.3 is 15.0 Å². The number of anilines is 1. The molecule has 8 heteroatoms. The van der Waals surface area contributed by atoms with Gasteiger partial charge in [-0.05, 0) is 12.1 Å². The van der Waals surface area contributed by atoms with Crippen molar-refractivity contribution in [3.05, 3.63) is 33.9 Å². The summed E-state index contributed by atoms with van der Waals surface area (Å²) < 4.78 is 4.48. The molecule has 0 fully saturated rings.